The zero-order chi connectivity index (χ0) is 16.8. The molecule has 0 fully saturated rings. The van der Waals surface area contributed by atoms with Crippen molar-refractivity contribution in [3.8, 4) is 0 Å². The van der Waals surface area contributed by atoms with Gasteiger partial charge in [0.1, 0.15) is 0 Å². The van der Waals surface area contributed by atoms with Crippen LogP contribution in [0.3, 0.4) is 0 Å². The molecule has 1 amide bonds. The van der Waals surface area contributed by atoms with Crippen LogP contribution in [0.5, 0.6) is 0 Å². The maximum atomic E-state index is 12.3. The number of anilines is 1. The van der Waals surface area contributed by atoms with Crippen LogP contribution >= 0.6 is 39.3 Å². The summed E-state index contributed by atoms with van der Waals surface area (Å²) < 4.78 is 1.03. The number of carbonyl (C=O) groups is 1. The SMILES string of the molecule is CCc1ccc(Cl)c(CC)c1NC(=O)CSc1ccc(Br)cc1. The highest BCUT2D eigenvalue weighted by atomic mass is 79.9. The van der Waals surface area contributed by atoms with Gasteiger partial charge in [0.15, 0.2) is 0 Å². The molecular formula is C18H19BrClNOS. The Hall–Kier alpha value is -0.970. The number of rotatable bonds is 6. The highest BCUT2D eigenvalue weighted by Gasteiger charge is 2.13. The smallest absolute Gasteiger partial charge is 0.234 e. The predicted octanol–water partition coefficient (Wildman–Crippen LogP) is 5.96. The molecule has 23 heavy (non-hydrogen) atoms. The van der Waals surface area contributed by atoms with Gasteiger partial charge in [0.05, 0.1) is 5.75 Å². The van der Waals surface area contributed by atoms with E-state index in [4.69, 9.17) is 11.6 Å². The predicted molar refractivity (Wildman–Crippen MR) is 104 cm³/mol. The summed E-state index contributed by atoms with van der Waals surface area (Å²) in [5.74, 6) is 0.366. The summed E-state index contributed by atoms with van der Waals surface area (Å²) in [5.41, 5.74) is 3.00. The Bertz CT molecular complexity index is 688. The van der Waals surface area contributed by atoms with E-state index < -0.39 is 0 Å². The van der Waals surface area contributed by atoms with Crippen molar-refractivity contribution in [3.63, 3.8) is 0 Å². The molecule has 1 N–H and O–H groups in total. The van der Waals surface area contributed by atoms with Crippen LogP contribution in [0.4, 0.5) is 5.69 Å². The number of aryl methyl sites for hydroxylation is 1. The minimum Gasteiger partial charge on any atom is -0.325 e. The second kappa shape index (κ2) is 8.76. The Kier molecular flexibility index (Phi) is 7.00. The lowest BCUT2D eigenvalue weighted by Gasteiger charge is -2.16. The molecule has 0 aliphatic rings. The van der Waals surface area contributed by atoms with E-state index in [-0.39, 0.29) is 5.91 Å². The van der Waals surface area contributed by atoms with Gasteiger partial charge in [0.25, 0.3) is 0 Å². The molecule has 2 aromatic rings. The molecule has 0 saturated heterocycles. The van der Waals surface area contributed by atoms with Gasteiger partial charge in [0, 0.05) is 20.1 Å². The second-order valence-electron chi connectivity index (χ2n) is 5.06. The Balaban J connectivity index is 2.07. The topological polar surface area (TPSA) is 29.1 Å². The Morgan fingerprint density at radius 2 is 1.83 bits per heavy atom. The lowest BCUT2D eigenvalue weighted by molar-refractivity contribution is -0.113. The average Bonchev–Trinajstić information content (AvgIpc) is 2.55. The standard InChI is InChI=1S/C18H19BrClNOS/c1-3-12-5-10-16(20)15(4-2)18(12)21-17(22)11-23-14-8-6-13(19)7-9-14/h5-10H,3-4,11H2,1-2H3,(H,21,22). The fourth-order valence-corrected chi connectivity index (χ4v) is 3.58. The molecule has 0 unspecified atom stereocenters. The molecule has 0 saturated carbocycles. The van der Waals surface area contributed by atoms with E-state index in [2.05, 4.69) is 28.2 Å². The minimum absolute atomic E-state index is 0.00964. The van der Waals surface area contributed by atoms with Gasteiger partial charge < -0.3 is 5.32 Å². The van der Waals surface area contributed by atoms with Crippen LogP contribution in [-0.2, 0) is 17.6 Å². The normalized spacial score (nSPS) is 10.6. The van der Waals surface area contributed by atoms with E-state index in [1.54, 1.807) is 0 Å². The second-order valence-corrected chi connectivity index (χ2v) is 7.43. The first-order chi connectivity index (χ1) is 11.0. The van der Waals surface area contributed by atoms with Crippen molar-refractivity contribution in [3.05, 3.63) is 57.0 Å². The first kappa shape index (κ1) is 18.4. The number of benzene rings is 2. The van der Waals surface area contributed by atoms with E-state index in [1.807, 2.05) is 43.3 Å². The minimum atomic E-state index is -0.00964. The van der Waals surface area contributed by atoms with Gasteiger partial charge in [-0.2, -0.15) is 0 Å². The summed E-state index contributed by atoms with van der Waals surface area (Å²) >= 11 is 11.2. The third-order valence-corrected chi connectivity index (χ3v) is 5.42. The largest absolute Gasteiger partial charge is 0.325 e. The Morgan fingerprint density at radius 1 is 1.13 bits per heavy atom. The molecule has 0 aliphatic heterocycles. The van der Waals surface area contributed by atoms with Crippen LogP contribution in [-0.4, -0.2) is 11.7 Å². The van der Waals surface area contributed by atoms with Crippen molar-refractivity contribution < 1.29 is 4.79 Å². The van der Waals surface area contributed by atoms with Crippen LogP contribution < -0.4 is 5.32 Å². The molecule has 2 aromatic carbocycles. The zero-order valence-electron chi connectivity index (χ0n) is 13.2. The van der Waals surface area contributed by atoms with Crippen molar-refractivity contribution in [2.75, 3.05) is 11.1 Å². The first-order valence-electron chi connectivity index (χ1n) is 7.53. The van der Waals surface area contributed by atoms with E-state index in [1.165, 1.54) is 11.8 Å². The number of carbonyl (C=O) groups excluding carboxylic acids is 1. The van der Waals surface area contributed by atoms with E-state index >= 15 is 0 Å². The van der Waals surface area contributed by atoms with Gasteiger partial charge in [-0.25, -0.2) is 0 Å². The van der Waals surface area contributed by atoms with Crippen molar-refractivity contribution in [2.45, 2.75) is 31.6 Å². The molecule has 0 bridgehead atoms. The van der Waals surface area contributed by atoms with Gasteiger partial charge in [-0.15, -0.1) is 11.8 Å². The van der Waals surface area contributed by atoms with Gasteiger partial charge in [0.2, 0.25) is 5.91 Å². The van der Waals surface area contributed by atoms with Gasteiger partial charge in [-0.05, 0) is 54.3 Å². The Labute approximate surface area is 155 Å². The van der Waals surface area contributed by atoms with Crippen LogP contribution in [0.15, 0.2) is 45.8 Å². The molecule has 0 aromatic heterocycles. The van der Waals surface area contributed by atoms with E-state index in [0.29, 0.717) is 10.8 Å². The quantitative estimate of drug-likeness (QED) is 0.593. The molecule has 5 heteroatoms. The summed E-state index contributed by atoms with van der Waals surface area (Å²) in [4.78, 5) is 13.4. The number of thioether (sulfide) groups is 1. The number of hydrogen-bond donors (Lipinski definition) is 1. The maximum Gasteiger partial charge on any atom is 0.234 e. The molecule has 0 radical (unpaired) electrons. The van der Waals surface area contributed by atoms with Gasteiger partial charge >= 0.3 is 0 Å². The van der Waals surface area contributed by atoms with E-state index in [9.17, 15) is 4.79 Å². The molecule has 0 spiro atoms. The lowest BCUT2D eigenvalue weighted by atomic mass is 10.0. The molecule has 2 rings (SSSR count). The lowest BCUT2D eigenvalue weighted by Crippen LogP contribution is -2.17. The number of hydrogen-bond acceptors (Lipinski definition) is 2. The summed E-state index contributed by atoms with van der Waals surface area (Å²) in [6.07, 6.45) is 1.65. The van der Waals surface area contributed by atoms with Gasteiger partial charge in [-0.3, -0.25) is 4.79 Å². The molecular weight excluding hydrogens is 394 g/mol. The highest BCUT2D eigenvalue weighted by Crippen LogP contribution is 2.30. The molecule has 2 nitrogen and oxygen atoms in total. The van der Waals surface area contributed by atoms with E-state index in [0.717, 1.165) is 39.0 Å². The fraction of sp³-hybridized carbons (Fsp3) is 0.278. The van der Waals surface area contributed by atoms with Crippen molar-refractivity contribution >= 4 is 50.9 Å². The van der Waals surface area contributed by atoms with Crippen molar-refractivity contribution in [2.24, 2.45) is 0 Å². The third kappa shape index (κ3) is 5.00. The average molecular weight is 413 g/mol. The number of halogens is 2. The first-order valence-corrected chi connectivity index (χ1v) is 9.69. The Morgan fingerprint density at radius 3 is 2.43 bits per heavy atom. The third-order valence-electron chi connectivity index (χ3n) is 3.52. The van der Waals surface area contributed by atoms with Crippen LogP contribution in [0.25, 0.3) is 0 Å². The molecule has 122 valence electrons. The molecule has 0 atom stereocenters. The zero-order valence-corrected chi connectivity index (χ0v) is 16.3. The van der Waals surface area contributed by atoms with Crippen molar-refractivity contribution in [1.82, 2.24) is 0 Å². The maximum absolute atomic E-state index is 12.3. The number of nitrogens with one attached hydrogen (secondary N) is 1. The van der Waals surface area contributed by atoms with Gasteiger partial charge in [-0.1, -0.05) is 47.4 Å². The summed E-state index contributed by atoms with van der Waals surface area (Å²) in [6.45, 7) is 4.13. The van der Waals surface area contributed by atoms with Crippen LogP contribution in [0.2, 0.25) is 5.02 Å². The summed E-state index contributed by atoms with van der Waals surface area (Å²) in [7, 11) is 0. The van der Waals surface area contributed by atoms with Crippen molar-refractivity contribution in [1.29, 1.82) is 0 Å². The number of amides is 1. The highest BCUT2D eigenvalue weighted by molar-refractivity contribution is 9.10. The summed E-state index contributed by atoms with van der Waals surface area (Å²) in [5, 5.41) is 3.76. The fourth-order valence-electron chi connectivity index (χ4n) is 2.32. The monoisotopic (exact) mass is 411 g/mol. The summed E-state index contributed by atoms with van der Waals surface area (Å²) in [6, 6.07) is 11.8. The van der Waals surface area contributed by atoms with Crippen LogP contribution in [0.1, 0.15) is 25.0 Å². The molecule has 0 heterocycles. The van der Waals surface area contributed by atoms with Crippen LogP contribution in [0, 0.1) is 0 Å². The molecule has 0 aliphatic carbocycles.